The van der Waals surface area contributed by atoms with E-state index in [0.29, 0.717) is 16.7 Å². The Kier molecular flexibility index (Phi) is 4.07. The van der Waals surface area contributed by atoms with E-state index in [9.17, 15) is 0 Å². The van der Waals surface area contributed by atoms with Gasteiger partial charge in [-0.1, -0.05) is 17.7 Å². The molecule has 0 aliphatic carbocycles. The highest BCUT2D eigenvalue weighted by atomic mass is 35.5. The third kappa shape index (κ3) is 3.45. The predicted molar refractivity (Wildman–Crippen MR) is 75.4 cm³/mol. The van der Waals surface area contributed by atoms with Crippen LogP contribution in [-0.4, -0.2) is 29.0 Å². The van der Waals surface area contributed by atoms with Crippen molar-refractivity contribution in [3.8, 4) is 11.8 Å². The van der Waals surface area contributed by atoms with E-state index >= 15 is 0 Å². The minimum absolute atomic E-state index is 0.0772. The van der Waals surface area contributed by atoms with Crippen LogP contribution in [0.4, 0.5) is 5.95 Å². The van der Waals surface area contributed by atoms with Gasteiger partial charge in [0, 0.05) is 19.1 Å². The fourth-order valence-electron chi connectivity index (χ4n) is 1.35. The van der Waals surface area contributed by atoms with Crippen molar-refractivity contribution in [1.82, 2.24) is 15.0 Å². The van der Waals surface area contributed by atoms with E-state index in [4.69, 9.17) is 27.9 Å². The van der Waals surface area contributed by atoms with Crippen LogP contribution in [0.25, 0.3) is 0 Å². The molecule has 0 aliphatic heterocycles. The monoisotopic (exact) mass is 298 g/mol. The van der Waals surface area contributed by atoms with E-state index in [0.717, 1.165) is 5.56 Å². The van der Waals surface area contributed by atoms with Gasteiger partial charge >= 0.3 is 6.01 Å². The first-order valence-electron chi connectivity index (χ1n) is 5.48. The van der Waals surface area contributed by atoms with Crippen LogP contribution in [0.2, 0.25) is 10.3 Å². The smallest absolute Gasteiger partial charge is 0.328 e. The Balaban J connectivity index is 2.35. The van der Waals surface area contributed by atoms with Crippen LogP contribution < -0.4 is 9.64 Å². The lowest BCUT2D eigenvalue weighted by Crippen LogP contribution is -2.13. The summed E-state index contributed by atoms with van der Waals surface area (Å²) in [4.78, 5) is 13.8. The summed E-state index contributed by atoms with van der Waals surface area (Å²) in [5, 5.41) is 0.655. The summed E-state index contributed by atoms with van der Waals surface area (Å²) in [6.07, 6.45) is 0. The zero-order chi connectivity index (χ0) is 14.0. The number of halogens is 2. The summed E-state index contributed by atoms with van der Waals surface area (Å²) in [6, 6.07) is 5.47. The van der Waals surface area contributed by atoms with Gasteiger partial charge in [-0.3, -0.25) is 0 Å². The standard InChI is InChI=1S/C12H12Cl2N4O/c1-7-4-5-8(13)6-9(7)19-12-16-10(14)15-11(17-12)18(2)3/h4-6H,1-3H3. The van der Waals surface area contributed by atoms with E-state index < -0.39 is 0 Å². The van der Waals surface area contributed by atoms with Gasteiger partial charge in [0.2, 0.25) is 11.2 Å². The first-order valence-corrected chi connectivity index (χ1v) is 6.24. The van der Waals surface area contributed by atoms with Crippen LogP contribution in [0.15, 0.2) is 18.2 Å². The maximum Gasteiger partial charge on any atom is 0.328 e. The molecule has 0 N–H and O–H groups in total. The second-order valence-electron chi connectivity index (χ2n) is 4.09. The Morgan fingerprint density at radius 1 is 1.11 bits per heavy atom. The third-order valence-corrected chi connectivity index (χ3v) is 2.73. The SMILES string of the molecule is Cc1ccc(Cl)cc1Oc1nc(Cl)nc(N(C)C)n1. The molecule has 1 heterocycles. The van der Waals surface area contributed by atoms with Gasteiger partial charge in [-0.05, 0) is 36.2 Å². The molecule has 2 rings (SSSR count). The average Bonchev–Trinajstić information content (AvgIpc) is 2.33. The summed E-state index contributed by atoms with van der Waals surface area (Å²) < 4.78 is 5.60. The molecule has 0 saturated carbocycles. The molecule has 100 valence electrons. The molecule has 7 heteroatoms. The molecular formula is C12H12Cl2N4O. The van der Waals surface area contributed by atoms with Gasteiger partial charge in [0.05, 0.1) is 0 Å². The van der Waals surface area contributed by atoms with E-state index in [-0.39, 0.29) is 11.3 Å². The molecule has 0 fully saturated rings. The molecule has 0 amide bonds. The number of ether oxygens (including phenoxy) is 1. The highest BCUT2D eigenvalue weighted by Crippen LogP contribution is 2.27. The number of benzene rings is 1. The first kappa shape index (κ1) is 13.8. The molecule has 0 radical (unpaired) electrons. The lowest BCUT2D eigenvalue weighted by Gasteiger charge is -2.12. The van der Waals surface area contributed by atoms with Crippen LogP contribution >= 0.6 is 23.2 Å². The Morgan fingerprint density at radius 3 is 2.53 bits per heavy atom. The number of rotatable bonds is 3. The van der Waals surface area contributed by atoms with Gasteiger partial charge in [0.1, 0.15) is 5.75 Å². The Hall–Kier alpha value is -1.59. The summed E-state index contributed by atoms with van der Waals surface area (Å²) in [5.41, 5.74) is 0.923. The number of nitrogens with zero attached hydrogens (tertiary/aromatic N) is 4. The van der Waals surface area contributed by atoms with Crippen molar-refractivity contribution in [2.75, 3.05) is 19.0 Å². The molecule has 19 heavy (non-hydrogen) atoms. The van der Waals surface area contributed by atoms with Crippen LogP contribution in [0.3, 0.4) is 0 Å². The third-order valence-electron chi connectivity index (χ3n) is 2.33. The summed E-state index contributed by atoms with van der Waals surface area (Å²) in [5.74, 6) is 1.01. The van der Waals surface area contributed by atoms with Crippen molar-refractivity contribution in [1.29, 1.82) is 0 Å². The molecule has 2 aromatic rings. The summed E-state index contributed by atoms with van der Waals surface area (Å²) in [6.45, 7) is 1.90. The predicted octanol–water partition coefficient (Wildman–Crippen LogP) is 3.35. The van der Waals surface area contributed by atoms with E-state index in [1.807, 2.05) is 13.0 Å². The zero-order valence-electron chi connectivity index (χ0n) is 10.7. The molecule has 5 nitrogen and oxygen atoms in total. The summed E-state index contributed by atoms with van der Waals surface area (Å²) >= 11 is 11.8. The fraction of sp³-hybridized carbons (Fsp3) is 0.250. The van der Waals surface area contributed by atoms with Gasteiger partial charge in [-0.25, -0.2) is 0 Å². The van der Waals surface area contributed by atoms with E-state index in [1.54, 1.807) is 31.1 Å². The number of hydrogen-bond acceptors (Lipinski definition) is 5. The van der Waals surface area contributed by atoms with Gasteiger partial charge in [-0.15, -0.1) is 0 Å². The molecule has 0 aliphatic rings. The minimum atomic E-state index is 0.0772. The Labute approximate surface area is 121 Å². The maximum absolute atomic E-state index is 5.93. The van der Waals surface area contributed by atoms with E-state index in [1.165, 1.54) is 0 Å². The largest absolute Gasteiger partial charge is 0.424 e. The van der Waals surface area contributed by atoms with Gasteiger partial charge < -0.3 is 9.64 Å². The summed E-state index contributed by atoms with van der Waals surface area (Å²) in [7, 11) is 3.61. The number of anilines is 1. The van der Waals surface area contributed by atoms with Crippen molar-refractivity contribution in [2.24, 2.45) is 0 Å². The normalized spacial score (nSPS) is 10.4. The Morgan fingerprint density at radius 2 is 1.84 bits per heavy atom. The molecule has 0 atom stereocenters. The second kappa shape index (κ2) is 5.59. The van der Waals surface area contributed by atoms with Crippen molar-refractivity contribution in [3.63, 3.8) is 0 Å². The first-order chi connectivity index (χ1) is 8.95. The lowest BCUT2D eigenvalue weighted by molar-refractivity contribution is 0.436. The van der Waals surface area contributed by atoms with Gasteiger partial charge in [0.15, 0.2) is 0 Å². The van der Waals surface area contributed by atoms with Crippen molar-refractivity contribution >= 4 is 29.2 Å². The molecule has 1 aromatic carbocycles. The van der Waals surface area contributed by atoms with Crippen LogP contribution in [0.1, 0.15) is 5.56 Å². The topological polar surface area (TPSA) is 51.1 Å². The highest BCUT2D eigenvalue weighted by molar-refractivity contribution is 6.30. The van der Waals surface area contributed by atoms with Crippen molar-refractivity contribution in [2.45, 2.75) is 6.92 Å². The number of aryl methyl sites for hydroxylation is 1. The Bertz CT molecular complexity index is 604. The van der Waals surface area contributed by atoms with Crippen LogP contribution in [-0.2, 0) is 0 Å². The van der Waals surface area contributed by atoms with Gasteiger partial charge in [-0.2, -0.15) is 15.0 Å². The number of hydrogen-bond donors (Lipinski definition) is 0. The van der Waals surface area contributed by atoms with Gasteiger partial charge in [0.25, 0.3) is 0 Å². The molecular weight excluding hydrogens is 287 g/mol. The molecule has 0 unspecified atom stereocenters. The molecule has 0 bridgehead atoms. The van der Waals surface area contributed by atoms with Crippen LogP contribution in [0, 0.1) is 6.92 Å². The quantitative estimate of drug-likeness (QED) is 0.870. The van der Waals surface area contributed by atoms with Crippen molar-refractivity contribution < 1.29 is 4.74 Å². The van der Waals surface area contributed by atoms with Crippen LogP contribution in [0.5, 0.6) is 11.8 Å². The number of aromatic nitrogens is 3. The minimum Gasteiger partial charge on any atom is -0.424 e. The second-order valence-corrected chi connectivity index (χ2v) is 4.87. The molecule has 0 spiro atoms. The average molecular weight is 299 g/mol. The fourth-order valence-corrected chi connectivity index (χ4v) is 1.66. The molecule has 0 saturated heterocycles. The molecule has 1 aromatic heterocycles. The van der Waals surface area contributed by atoms with E-state index in [2.05, 4.69) is 15.0 Å². The highest BCUT2D eigenvalue weighted by Gasteiger charge is 2.10. The lowest BCUT2D eigenvalue weighted by atomic mass is 10.2. The maximum atomic E-state index is 5.93. The zero-order valence-corrected chi connectivity index (χ0v) is 12.2. The van der Waals surface area contributed by atoms with Crippen molar-refractivity contribution in [3.05, 3.63) is 34.1 Å².